The molecule has 22 heavy (non-hydrogen) atoms. The standard InChI is InChI=1S/C19H12ClNO/c20-13-9-10-17-16(11-13)14-7-4-8-15(14)18(21-17)19(22)12-5-2-1-3-6-12/h1-6,8-11H,7H2. The van der Waals surface area contributed by atoms with E-state index in [2.05, 4.69) is 11.1 Å². The Balaban J connectivity index is 1.97. The van der Waals surface area contributed by atoms with Crippen LogP contribution < -0.4 is 0 Å². The molecule has 0 unspecified atom stereocenters. The monoisotopic (exact) mass is 305 g/mol. The number of nitrogens with zero attached hydrogens (tertiary/aromatic N) is 1. The Kier molecular flexibility index (Phi) is 3.05. The Morgan fingerprint density at radius 2 is 1.91 bits per heavy atom. The summed E-state index contributed by atoms with van der Waals surface area (Å²) in [6, 6.07) is 14.9. The zero-order chi connectivity index (χ0) is 15.1. The first-order valence-corrected chi connectivity index (χ1v) is 7.50. The van der Waals surface area contributed by atoms with Crippen molar-refractivity contribution in [3.05, 3.63) is 82.0 Å². The highest BCUT2D eigenvalue weighted by molar-refractivity contribution is 6.31. The number of pyridine rings is 1. The fourth-order valence-corrected chi connectivity index (χ4v) is 3.08. The second kappa shape index (κ2) is 5.08. The highest BCUT2D eigenvalue weighted by atomic mass is 35.5. The minimum Gasteiger partial charge on any atom is -0.287 e. The summed E-state index contributed by atoms with van der Waals surface area (Å²) in [7, 11) is 0. The number of rotatable bonds is 2. The van der Waals surface area contributed by atoms with E-state index in [-0.39, 0.29) is 5.78 Å². The van der Waals surface area contributed by atoms with Gasteiger partial charge in [0, 0.05) is 21.5 Å². The molecule has 1 aromatic heterocycles. The molecule has 1 heterocycles. The lowest BCUT2D eigenvalue weighted by Gasteiger charge is -2.10. The van der Waals surface area contributed by atoms with E-state index >= 15 is 0 Å². The third-order valence-electron chi connectivity index (χ3n) is 3.95. The highest BCUT2D eigenvalue weighted by Crippen LogP contribution is 2.32. The summed E-state index contributed by atoms with van der Waals surface area (Å²) in [5, 5.41) is 1.71. The summed E-state index contributed by atoms with van der Waals surface area (Å²) >= 11 is 6.10. The van der Waals surface area contributed by atoms with Gasteiger partial charge in [0.05, 0.1) is 5.52 Å². The zero-order valence-electron chi connectivity index (χ0n) is 11.7. The Bertz CT molecular complexity index is 929. The van der Waals surface area contributed by atoms with Crippen molar-refractivity contribution in [3.63, 3.8) is 0 Å². The van der Waals surface area contributed by atoms with Crippen molar-refractivity contribution in [2.24, 2.45) is 0 Å². The van der Waals surface area contributed by atoms with Crippen molar-refractivity contribution >= 4 is 34.4 Å². The Hall–Kier alpha value is -2.45. The van der Waals surface area contributed by atoms with Gasteiger partial charge in [-0.3, -0.25) is 4.79 Å². The molecule has 2 aromatic carbocycles. The number of aromatic nitrogens is 1. The lowest BCUT2D eigenvalue weighted by atomic mass is 9.98. The number of halogens is 1. The molecule has 1 aliphatic carbocycles. The molecule has 4 rings (SSSR count). The SMILES string of the molecule is O=C(c1ccccc1)c1nc2ccc(Cl)cc2c2c1C=CC2. The van der Waals surface area contributed by atoms with Crippen molar-refractivity contribution in [1.82, 2.24) is 4.98 Å². The summed E-state index contributed by atoms with van der Waals surface area (Å²) in [6.07, 6.45) is 4.86. The van der Waals surface area contributed by atoms with E-state index in [9.17, 15) is 4.79 Å². The predicted molar refractivity (Wildman–Crippen MR) is 89.4 cm³/mol. The van der Waals surface area contributed by atoms with Crippen molar-refractivity contribution in [1.29, 1.82) is 0 Å². The smallest absolute Gasteiger partial charge is 0.211 e. The van der Waals surface area contributed by atoms with E-state index in [0.29, 0.717) is 16.3 Å². The van der Waals surface area contributed by atoms with Crippen LogP contribution in [0.3, 0.4) is 0 Å². The van der Waals surface area contributed by atoms with Crippen LogP contribution in [0.25, 0.3) is 17.0 Å². The van der Waals surface area contributed by atoms with Crippen molar-refractivity contribution in [2.75, 3.05) is 0 Å². The maximum atomic E-state index is 12.8. The molecule has 0 bridgehead atoms. The molecule has 0 saturated heterocycles. The van der Waals surface area contributed by atoms with Gasteiger partial charge in [-0.1, -0.05) is 54.1 Å². The molecular weight excluding hydrogens is 294 g/mol. The van der Waals surface area contributed by atoms with Gasteiger partial charge in [0.25, 0.3) is 0 Å². The fourth-order valence-electron chi connectivity index (χ4n) is 2.91. The lowest BCUT2D eigenvalue weighted by molar-refractivity contribution is 0.103. The zero-order valence-corrected chi connectivity index (χ0v) is 12.5. The molecule has 0 radical (unpaired) electrons. The van der Waals surface area contributed by atoms with Gasteiger partial charge in [0.1, 0.15) is 5.69 Å². The predicted octanol–water partition coefficient (Wildman–Crippen LogP) is 4.69. The summed E-state index contributed by atoms with van der Waals surface area (Å²) in [6.45, 7) is 0. The molecule has 106 valence electrons. The van der Waals surface area contributed by atoms with Gasteiger partial charge in [-0.15, -0.1) is 0 Å². The molecule has 0 atom stereocenters. The first kappa shape index (κ1) is 13.2. The first-order chi connectivity index (χ1) is 10.7. The summed E-state index contributed by atoms with van der Waals surface area (Å²) in [5.74, 6) is -0.0414. The Morgan fingerprint density at radius 1 is 1.09 bits per heavy atom. The van der Waals surface area contributed by atoms with Gasteiger partial charge in [-0.05, 0) is 30.2 Å². The quantitative estimate of drug-likeness (QED) is 0.643. The van der Waals surface area contributed by atoms with Crippen LogP contribution in [0.1, 0.15) is 27.2 Å². The molecule has 3 aromatic rings. The molecular formula is C19H12ClNO. The fraction of sp³-hybridized carbons (Fsp3) is 0.0526. The molecule has 2 nitrogen and oxygen atoms in total. The van der Waals surface area contributed by atoms with Crippen LogP contribution in [0.2, 0.25) is 5.02 Å². The van der Waals surface area contributed by atoms with Crippen molar-refractivity contribution < 1.29 is 4.79 Å². The van der Waals surface area contributed by atoms with E-state index in [1.165, 1.54) is 0 Å². The minimum atomic E-state index is -0.0414. The van der Waals surface area contributed by atoms with E-state index < -0.39 is 0 Å². The molecule has 0 aliphatic heterocycles. The highest BCUT2D eigenvalue weighted by Gasteiger charge is 2.21. The maximum absolute atomic E-state index is 12.8. The lowest BCUT2D eigenvalue weighted by Crippen LogP contribution is -2.08. The van der Waals surface area contributed by atoms with Gasteiger partial charge in [-0.2, -0.15) is 0 Å². The number of fused-ring (bicyclic) bond motifs is 3. The normalized spacial score (nSPS) is 12.6. The molecule has 0 N–H and O–H groups in total. The molecule has 1 aliphatic rings. The number of hydrogen-bond acceptors (Lipinski definition) is 2. The molecule has 0 fully saturated rings. The molecule has 0 spiro atoms. The van der Waals surface area contributed by atoms with E-state index in [1.807, 2.05) is 54.6 Å². The first-order valence-electron chi connectivity index (χ1n) is 7.12. The summed E-state index contributed by atoms with van der Waals surface area (Å²) in [4.78, 5) is 17.4. The average molecular weight is 306 g/mol. The average Bonchev–Trinajstić information content (AvgIpc) is 3.04. The number of allylic oxidation sites excluding steroid dienone is 1. The largest absolute Gasteiger partial charge is 0.287 e. The van der Waals surface area contributed by atoms with Crippen LogP contribution in [0, 0.1) is 0 Å². The van der Waals surface area contributed by atoms with Gasteiger partial charge in [-0.25, -0.2) is 4.98 Å². The van der Waals surface area contributed by atoms with Crippen LogP contribution in [0.15, 0.2) is 54.6 Å². The van der Waals surface area contributed by atoms with Crippen molar-refractivity contribution in [3.8, 4) is 0 Å². The van der Waals surface area contributed by atoms with Crippen LogP contribution in [-0.2, 0) is 6.42 Å². The van der Waals surface area contributed by atoms with Gasteiger partial charge < -0.3 is 0 Å². The maximum Gasteiger partial charge on any atom is 0.211 e. The second-order valence-corrected chi connectivity index (χ2v) is 5.75. The summed E-state index contributed by atoms with van der Waals surface area (Å²) in [5.41, 5.74) is 4.04. The molecule has 3 heteroatoms. The Labute approximate surface area is 133 Å². The summed E-state index contributed by atoms with van der Waals surface area (Å²) < 4.78 is 0. The second-order valence-electron chi connectivity index (χ2n) is 5.32. The number of hydrogen-bond donors (Lipinski definition) is 0. The van der Waals surface area contributed by atoms with Gasteiger partial charge in [0.15, 0.2) is 0 Å². The van der Waals surface area contributed by atoms with Gasteiger partial charge in [0.2, 0.25) is 5.78 Å². The van der Waals surface area contributed by atoms with Crippen LogP contribution in [-0.4, -0.2) is 10.8 Å². The third-order valence-corrected chi connectivity index (χ3v) is 4.19. The molecule has 0 saturated carbocycles. The minimum absolute atomic E-state index is 0.0414. The van der Waals surface area contributed by atoms with E-state index in [4.69, 9.17) is 11.6 Å². The van der Waals surface area contributed by atoms with Crippen molar-refractivity contribution in [2.45, 2.75) is 6.42 Å². The van der Waals surface area contributed by atoms with E-state index in [1.54, 1.807) is 0 Å². The van der Waals surface area contributed by atoms with E-state index in [0.717, 1.165) is 28.5 Å². The third kappa shape index (κ3) is 2.04. The Morgan fingerprint density at radius 3 is 2.73 bits per heavy atom. The van der Waals surface area contributed by atoms with Crippen LogP contribution in [0.4, 0.5) is 0 Å². The number of carbonyl (C=O) groups excluding carboxylic acids is 1. The number of carbonyl (C=O) groups is 1. The topological polar surface area (TPSA) is 30.0 Å². The number of ketones is 1. The van der Waals surface area contributed by atoms with Crippen LogP contribution in [0.5, 0.6) is 0 Å². The van der Waals surface area contributed by atoms with Crippen LogP contribution >= 0.6 is 11.6 Å². The molecule has 0 amide bonds. The number of benzene rings is 2. The van der Waals surface area contributed by atoms with Gasteiger partial charge >= 0.3 is 0 Å².